The number of benzene rings is 2. The minimum Gasteiger partial charge on any atom is -0.463 e. The molecule has 2 fully saturated rings. The summed E-state index contributed by atoms with van der Waals surface area (Å²) in [7, 11) is 0. The number of hydrogen-bond donors (Lipinski definition) is 0. The van der Waals surface area contributed by atoms with Gasteiger partial charge in [-0.2, -0.15) is 0 Å². The molecule has 8 heteroatoms. The first kappa shape index (κ1) is 23.0. The molecule has 0 saturated carbocycles. The number of nitrogens with zero attached hydrogens (tertiary/aromatic N) is 2. The van der Waals surface area contributed by atoms with Gasteiger partial charge in [-0.05, 0) is 68.4 Å². The fourth-order valence-electron chi connectivity index (χ4n) is 4.56. The van der Waals surface area contributed by atoms with Crippen LogP contribution >= 0.6 is 0 Å². The Kier molecular flexibility index (Phi) is 6.70. The Balaban J connectivity index is 1.30. The van der Waals surface area contributed by atoms with Crippen molar-refractivity contribution in [2.45, 2.75) is 38.5 Å². The van der Waals surface area contributed by atoms with Crippen molar-refractivity contribution in [1.29, 1.82) is 0 Å². The quantitative estimate of drug-likeness (QED) is 0.501. The van der Waals surface area contributed by atoms with Crippen molar-refractivity contribution in [3.63, 3.8) is 0 Å². The zero-order valence-corrected chi connectivity index (χ0v) is 19.5. The number of hydrogen-bond acceptors (Lipinski definition) is 6. The lowest BCUT2D eigenvalue weighted by molar-refractivity contribution is 0.142. The monoisotopic (exact) mass is 476 g/mol. The lowest BCUT2D eigenvalue weighted by Gasteiger charge is -2.25. The van der Waals surface area contributed by atoms with Crippen molar-refractivity contribution < 1.29 is 23.5 Å². The van der Waals surface area contributed by atoms with Gasteiger partial charge in [0.2, 0.25) is 0 Å². The van der Waals surface area contributed by atoms with E-state index in [1.807, 2.05) is 0 Å². The van der Waals surface area contributed by atoms with E-state index in [0.29, 0.717) is 59.8 Å². The smallest absolute Gasteiger partial charge is 0.415 e. The summed E-state index contributed by atoms with van der Waals surface area (Å²) in [5.41, 5.74) is 1.19. The summed E-state index contributed by atoms with van der Waals surface area (Å²) < 4.78 is 16.7. The molecule has 2 aliphatic rings. The van der Waals surface area contributed by atoms with Crippen molar-refractivity contribution in [2.75, 3.05) is 26.2 Å². The van der Waals surface area contributed by atoms with Crippen LogP contribution < -0.4 is 14.9 Å². The van der Waals surface area contributed by atoms with Crippen molar-refractivity contribution >= 4 is 23.2 Å². The molecule has 5 rings (SSSR count). The predicted octanol–water partition coefficient (Wildman–Crippen LogP) is 5.43. The molecule has 182 valence electrons. The molecule has 0 bridgehead atoms. The van der Waals surface area contributed by atoms with Gasteiger partial charge in [0.25, 0.3) is 0 Å². The lowest BCUT2D eigenvalue weighted by atomic mass is 10.1. The van der Waals surface area contributed by atoms with Crippen molar-refractivity contribution in [3.8, 4) is 22.6 Å². The maximum absolute atomic E-state index is 13.1. The summed E-state index contributed by atoms with van der Waals surface area (Å²) in [6.07, 6.45) is 6.87. The molecule has 2 aromatic carbocycles. The highest BCUT2D eigenvalue weighted by molar-refractivity contribution is 5.83. The number of piperidine rings is 2. The van der Waals surface area contributed by atoms with E-state index in [9.17, 15) is 14.4 Å². The molecule has 0 spiro atoms. The Bertz CT molecular complexity index is 1270. The molecule has 2 amide bonds. The van der Waals surface area contributed by atoms with Gasteiger partial charge in [0.15, 0.2) is 5.43 Å². The third-order valence-corrected chi connectivity index (χ3v) is 6.55. The summed E-state index contributed by atoms with van der Waals surface area (Å²) in [6, 6.07) is 11.6. The zero-order valence-electron chi connectivity index (χ0n) is 19.5. The van der Waals surface area contributed by atoms with Crippen LogP contribution in [0.5, 0.6) is 11.5 Å². The molecule has 35 heavy (non-hydrogen) atoms. The Morgan fingerprint density at radius 3 is 1.86 bits per heavy atom. The zero-order chi connectivity index (χ0) is 24.2. The van der Waals surface area contributed by atoms with Crippen molar-refractivity contribution in [3.05, 3.63) is 59.0 Å². The van der Waals surface area contributed by atoms with Crippen molar-refractivity contribution in [1.82, 2.24) is 9.80 Å². The number of carbonyl (C=O) groups is 2. The summed E-state index contributed by atoms with van der Waals surface area (Å²) in [5, 5.41) is 0.390. The van der Waals surface area contributed by atoms with E-state index in [1.165, 1.54) is 6.26 Å². The van der Waals surface area contributed by atoms with Gasteiger partial charge in [-0.1, -0.05) is 12.1 Å². The molecular formula is C27H28N2O6. The molecule has 1 aromatic heterocycles. The molecule has 2 aliphatic heterocycles. The molecule has 0 radical (unpaired) electrons. The predicted molar refractivity (Wildman–Crippen MR) is 131 cm³/mol. The van der Waals surface area contributed by atoms with E-state index >= 15 is 0 Å². The number of carbonyl (C=O) groups excluding carboxylic acids is 2. The Morgan fingerprint density at radius 2 is 1.26 bits per heavy atom. The molecular weight excluding hydrogens is 448 g/mol. The van der Waals surface area contributed by atoms with Gasteiger partial charge in [0.1, 0.15) is 23.3 Å². The van der Waals surface area contributed by atoms with Crippen LogP contribution in [0.2, 0.25) is 0 Å². The first-order valence-corrected chi connectivity index (χ1v) is 12.2. The van der Waals surface area contributed by atoms with Crippen LogP contribution in [0.3, 0.4) is 0 Å². The second kappa shape index (κ2) is 10.2. The number of rotatable bonds is 3. The largest absolute Gasteiger partial charge is 0.463 e. The van der Waals surface area contributed by atoms with Gasteiger partial charge >= 0.3 is 12.2 Å². The second-order valence-corrected chi connectivity index (χ2v) is 8.99. The third kappa shape index (κ3) is 5.16. The highest BCUT2D eigenvalue weighted by Crippen LogP contribution is 2.25. The second-order valence-electron chi connectivity index (χ2n) is 8.99. The average Bonchev–Trinajstić information content (AvgIpc) is 2.90. The molecule has 0 N–H and O–H groups in total. The summed E-state index contributed by atoms with van der Waals surface area (Å²) in [4.78, 5) is 41.2. The van der Waals surface area contributed by atoms with Crippen LogP contribution in [0.4, 0.5) is 9.59 Å². The van der Waals surface area contributed by atoms with E-state index in [-0.39, 0.29) is 17.6 Å². The molecule has 8 nitrogen and oxygen atoms in total. The van der Waals surface area contributed by atoms with Gasteiger partial charge in [-0.25, -0.2) is 9.59 Å². The third-order valence-electron chi connectivity index (χ3n) is 6.55. The van der Waals surface area contributed by atoms with Gasteiger partial charge in [-0.3, -0.25) is 4.79 Å². The molecule has 0 aliphatic carbocycles. The van der Waals surface area contributed by atoms with E-state index in [2.05, 4.69) is 0 Å². The van der Waals surface area contributed by atoms with Crippen LogP contribution in [0, 0.1) is 0 Å². The maximum atomic E-state index is 13.1. The topological polar surface area (TPSA) is 89.3 Å². The van der Waals surface area contributed by atoms with E-state index < -0.39 is 0 Å². The van der Waals surface area contributed by atoms with Crippen LogP contribution in [-0.4, -0.2) is 48.2 Å². The minimum absolute atomic E-state index is 0.196. The molecule has 2 saturated heterocycles. The highest BCUT2D eigenvalue weighted by Gasteiger charge is 2.20. The van der Waals surface area contributed by atoms with E-state index in [0.717, 1.165) is 38.5 Å². The average molecular weight is 477 g/mol. The fourth-order valence-corrected chi connectivity index (χ4v) is 4.56. The Labute approximate surface area is 203 Å². The van der Waals surface area contributed by atoms with Crippen LogP contribution in [0.25, 0.3) is 22.1 Å². The van der Waals surface area contributed by atoms with Gasteiger partial charge in [-0.15, -0.1) is 0 Å². The van der Waals surface area contributed by atoms with E-state index in [4.69, 9.17) is 13.9 Å². The maximum Gasteiger partial charge on any atom is 0.415 e. The van der Waals surface area contributed by atoms with Gasteiger partial charge in [0, 0.05) is 32.2 Å². The number of ether oxygens (including phenoxy) is 2. The van der Waals surface area contributed by atoms with E-state index in [1.54, 1.807) is 52.3 Å². The van der Waals surface area contributed by atoms with Crippen LogP contribution in [0.1, 0.15) is 38.5 Å². The SMILES string of the molecule is O=C(Oc1ccc(-c2coc3cc(OC(=O)N4CCCCC4)ccc3c2=O)cc1)N1CCCCC1. The van der Waals surface area contributed by atoms with Gasteiger partial charge in [0.05, 0.1) is 10.9 Å². The van der Waals surface area contributed by atoms with Crippen molar-refractivity contribution in [2.24, 2.45) is 0 Å². The van der Waals surface area contributed by atoms with Crippen LogP contribution in [-0.2, 0) is 0 Å². The molecule has 3 aromatic rings. The standard InChI is InChI=1S/C27H28N2O6/c30-25-22-12-11-21(35-27(32)29-15-5-2-6-16-29)17-24(22)33-18-23(25)19-7-9-20(10-8-19)34-26(31)28-13-3-1-4-14-28/h7-12,17-18H,1-6,13-16H2. The van der Waals surface area contributed by atoms with Gasteiger partial charge < -0.3 is 23.7 Å². The lowest BCUT2D eigenvalue weighted by Crippen LogP contribution is -2.37. The fraction of sp³-hybridized carbons (Fsp3) is 0.370. The summed E-state index contributed by atoms with van der Waals surface area (Å²) >= 11 is 0. The first-order chi connectivity index (χ1) is 17.1. The highest BCUT2D eigenvalue weighted by atomic mass is 16.6. The minimum atomic E-state index is -0.385. The summed E-state index contributed by atoms with van der Waals surface area (Å²) in [6.45, 7) is 2.82. The number of fused-ring (bicyclic) bond motifs is 1. The molecule has 0 unspecified atom stereocenters. The summed E-state index contributed by atoms with van der Waals surface area (Å²) in [5.74, 6) is 0.763. The van der Waals surface area contributed by atoms with Crippen LogP contribution in [0.15, 0.2) is 57.9 Å². The molecule has 3 heterocycles. The number of amides is 2. The first-order valence-electron chi connectivity index (χ1n) is 12.2. The molecule has 0 atom stereocenters. The Hall–Kier alpha value is -3.81. The Morgan fingerprint density at radius 1 is 0.714 bits per heavy atom. The normalized spacial score (nSPS) is 16.2. The number of likely N-dealkylation sites (tertiary alicyclic amines) is 2.